The average molecular weight is 372 g/mol. The highest BCUT2D eigenvalue weighted by molar-refractivity contribution is 6.06. The Kier molecular flexibility index (Phi) is 6.14. The zero-order valence-corrected chi connectivity index (χ0v) is 14.7. The van der Waals surface area contributed by atoms with Gasteiger partial charge in [0.15, 0.2) is 0 Å². The van der Waals surface area contributed by atoms with Gasteiger partial charge in [0.05, 0.1) is 23.4 Å². The van der Waals surface area contributed by atoms with Crippen molar-refractivity contribution in [2.24, 2.45) is 0 Å². The zero-order chi connectivity index (χ0) is 17.8. The van der Waals surface area contributed by atoms with E-state index in [9.17, 15) is 9.59 Å². The van der Waals surface area contributed by atoms with E-state index in [1.165, 1.54) is 18.3 Å². The first-order valence-corrected chi connectivity index (χ1v) is 7.75. The van der Waals surface area contributed by atoms with Gasteiger partial charge in [-0.1, -0.05) is 18.2 Å². The first kappa shape index (κ1) is 19.2. The number of carbonyl (C=O) groups excluding carboxylic acids is 1. The Morgan fingerprint density at radius 2 is 1.81 bits per heavy atom. The van der Waals surface area contributed by atoms with Crippen molar-refractivity contribution in [1.29, 1.82) is 0 Å². The lowest BCUT2D eigenvalue weighted by molar-refractivity contribution is -0.0000381. The van der Waals surface area contributed by atoms with Crippen molar-refractivity contribution >= 4 is 34.2 Å². The number of carboxylic acid groups (broad SMARTS) is 1. The van der Waals surface area contributed by atoms with Gasteiger partial charge in [0.2, 0.25) is 0 Å². The van der Waals surface area contributed by atoms with Crippen molar-refractivity contribution in [2.45, 2.75) is 6.92 Å². The standard InChI is InChI=1S/C19H16N2O4.ClH/c1-2-25-19(24)15-11-20-16-6-4-3-5-14(16)17(15)21-13-9-7-12(8-10-13)18(22)23;/h3-11H,2H2,1H3,(H,20,21)(H,22,23);1H/p-1. The summed E-state index contributed by atoms with van der Waals surface area (Å²) in [7, 11) is 0. The average Bonchev–Trinajstić information content (AvgIpc) is 2.62. The van der Waals surface area contributed by atoms with Crippen LogP contribution < -0.4 is 17.7 Å². The van der Waals surface area contributed by atoms with Gasteiger partial charge in [0, 0.05) is 17.3 Å². The van der Waals surface area contributed by atoms with Crippen LogP contribution in [0.15, 0.2) is 54.7 Å². The molecule has 0 saturated heterocycles. The molecule has 0 aliphatic carbocycles. The Morgan fingerprint density at radius 1 is 1.12 bits per heavy atom. The van der Waals surface area contributed by atoms with Gasteiger partial charge in [0.25, 0.3) is 0 Å². The lowest BCUT2D eigenvalue weighted by Crippen LogP contribution is -3.00. The monoisotopic (exact) mass is 371 g/mol. The number of nitrogens with zero attached hydrogens (tertiary/aromatic N) is 1. The van der Waals surface area contributed by atoms with Gasteiger partial charge in [-0.25, -0.2) is 9.59 Å². The molecule has 0 atom stereocenters. The summed E-state index contributed by atoms with van der Waals surface area (Å²) in [5, 5.41) is 13.0. The summed E-state index contributed by atoms with van der Waals surface area (Å²) in [6.07, 6.45) is 1.48. The quantitative estimate of drug-likeness (QED) is 0.647. The van der Waals surface area contributed by atoms with Crippen LogP contribution in [0.3, 0.4) is 0 Å². The first-order valence-electron chi connectivity index (χ1n) is 7.75. The molecular weight excluding hydrogens is 356 g/mol. The number of hydrogen-bond acceptors (Lipinski definition) is 5. The molecule has 3 aromatic rings. The van der Waals surface area contributed by atoms with Crippen molar-refractivity contribution < 1.29 is 31.8 Å². The molecule has 2 N–H and O–H groups in total. The Bertz CT molecular complexity index is 942. The fourth-order valence-corrected chi connectivity index (χ4v) is 2.48. The minimum atomic E-state index is -0.992. The molecule has 0 amide bonds. The van der Waals surface area contributed by atoms with Crippen LogP contribution in [-0.4, -0.2) is 28.6 Å². The number of halogens is 1. The fraction of sp³-hybridized carbons (Fsp3) is 0.105. The highest BCUT2D eigenvalue weighted by Gasteiger charge is 2.17. The van der Waals surface area contributed by atoms with E-state index in [0.29, 0.717) is 16.9 Å². The lowest BCUT2D eigenvalue weighted by Gasteiger charge is -2.14. The maximum absolute atomic E-state index is 12.3. The third-order valence-electron chi connectivity index (χ3n) is 3.67. The summed E-state index contributed by atoms with van der Waals surface area (Å²) in [5.74, 6) is -1.46. The Hall–Kier alpha value is -3.12. The third-order valence-corrected chi connectivity index (χ3v) is 3.67. The topological polar surface area (TPSA) is 88.5 Å². The Balaban J connectivity index is 0.00000243. The Labute approximate surface area is 156 Å². The molecule has 0 fully saturated rings. The van der Waals surface area contributed by atoms with Crippen LogP contribution in [0.2, 0.25) is 0 Å². The first-order chi connectivity index (χ1) is 12.1. The number of carbonyl (C=O) groups is 2. The molecule has 3 rings (SSSR count). The predicted octanol–water partition coefficient (Wildman–Crippen LogP) is 0.857. The van der Waals surface area contributed by atoms with E-state index in [1.807, 2.05) is 24.3 Å². The van der Waals surface area contributed by atoms with E-state index >= 15 is 0 Å². The van der Waals surface area contributed by atoms with E-state index in [4.69, 9.17) is 9.84 Å². The van der Waals surface area contributed by atoms with E-state index < -0.39 is 11.9 Å². The second-order valence-electron chi connectivity index (χ2n) is 5.29. The summed E-state index contributed by atoms with van der Waals surface area (Å²) in [4.78, 5) is 27.5. The normalized spacial score (nSPS) is 10.0. The summed E-state index contributed by atoms with van der Waals surface area (Å²) < 4.78 is 5.11. The van der Waals surface area contributed by atoms with Crippen LogP contribution in [0, 0.1) is 0 Å². The Morgan fingerprint density at radius 3 is 2.46 bits per heavy atom. The number of ether oxygens (including phenoxy) is 1. The van der Waals surface area contributed by atoms with Gasteiger partial charge in [-0.2, -0.15) is 0 Å². The van der Waals surface area contributed by atoms with E-state index in [1.54, 1.807) is 19.1 Å². The van der Waals surface area contributed by atoms with Crippen LogP contribution in [0.25, 0.3) is 10.9 Å². The molecule has 0 radical (unpaired) electrons. The predicted molar refractivity (Wildman–Crippen MR) is 94.4 cm³/mol. The van der Waals surface area contributed by atoms with E-state index in [2.05, 4.69) is 10.3 Å². The molecule has 0 unspecified atom stereocenters. The van der Waals surface area contributed by atoms with Crippen LogP contribution in [-0.2, 0) is 4.74 Å². The number of nitrogens with one attached hydrogen (secondary N) is 1. The molecule has 1 heterocycles. The number of anilines is 2. The summed E-state index contributed by atoms with van der Waals surface area (Å²) in [6, 6.07) is 13.7. The van der Waals surface area contributed by atoms with Gasteiger partial charge in [-0.15, -0.1) is 0 Å². The van der Waals surface area contributed by atoms with Crippen LogP contribution in [0.4, 0.5) is 11.4 Å². The molecular formula is C19H16ClN2O4-. The fourth-order valence-electron chi connectivity index (χ4n) is 2.48. The van der Waals surface area contributed by atoms with E-state index in [-0.39, 0.29) is 24.6 Å². The number of esters is 1. The molecule has 26 heavy (non-hydrogen) atoms. The van der Waals surface area contributed by atoms with E-state index in [0.717, 1.165) is 10.9 Å². The van der Waals surface area contributed by atoms with Crippen LogP contribution in [0.5, 0.6) is 0 Å². The lowest BCUT2D eigenvalue weighted by atomic mass is 10.1. The molecule has 6 nitrogen and oxygen atoms in total. The molecule has 0 aliphatic rings. The van der Waals surface area contributed by atoms with Gasteiger partial charge in [0.1, 0.15) is 5.56 Å². The van der Waals surface area contributed by atoms with Gasteiger partial charge in [-0.05, 0) is 37.3 Å². The van der Waals surface area contributed by atoms with Gasteiger partial charge < -0.3 is 27.6 Å². The van der Waals surface area contributed by atoms with Gasteiger partial charge >= 0.3 is 11.9 Å². The number of benzene rings is 2. The number of aromatic nitrogens is 1. The highest BCUT2D eigenvalue weighted by atomic mass is 35.5. The molecule has 0 spiro atoms. The molecule has 0 bridgehead atoms. The summed E-state index contributed by atoms with van der Waals surface area (Å²) in [5.41, 5.74) is 2.48. The third kappa shape index (κ3) is 3.92. The number of hydrogen-bond donors (Lipinski definition) is 2. The second kappa shape index (κ2) is 8.31. The van der Waals surface area contributed by atoms with Gasteiger partial charge in [-0.3, -0.25) is 4.98 Å². The molecule has 0 aliphatic heterocycles. The number of para-hydroxylation sites is 1. The van der Waals surface area contributed by atoms with Crippen molar-refractivity contribution in [3.05, 3.63) is 65.9 Å². The smallest absolute Gasteiger partial charge is 0.341 e. The minimum absolute atomic E-state index is 0. The van der Waals surface area contributed by atoms with Crippen molar-refractivity contribution in [3.63, 3.8) is 0 Å². The second-order valence-corrected chi connectivity index (χ2v) is 5.29. The van der Waals surface area contributed by atoms with Crippen LogP contribution in [0.1, 0.15) is 27.6 Å². The number of pyridine rings is 1. The molecule has 2 aromatic carbocycles. The largest absolute Gasteiger partial charge is 1.00 e. The van der Waals surface area contributed by atoms with Crippen molar-refractivity contribution in [1.82, 2.24) is 4.98 Å². The summed E-state index contributed by atoms with van der Waals surface area (Å²) >= 11 is 0. The minimum Gasteiger partial charge on any atom is -1.00 e. The van der Waals surface area contributed by atoms with Crippen molar-refractivity contribution in [3.8, 4) is 0 Å². The van der Waals surface area contributed by atoms with Crippen LogP contribution >= 0.6 is 0 Å². The highest BCUT2D eigenvalue weighted by Crippen LogP contribution is 2.29. The molecule has 7 heteroatoms. The number of aromatic carboxylic acids is 1. The number of fused-ring (bicyclic) bond motifs is 1. The molecule has 0 saturated carbocycles. The molecule has 134 valence electrons. The van der Waals surface area contributed by atoms with Crippen molar-refractivity contribution in [2.75, 3.05) is 11.9 Å². The molecule has 1 aromatic heterocycles. The summed E-state index contributed by atoms with van der Waals surface area (Å²) in [6.45, 7) is 2.00. The zero-order valence-electron chi connectivity index (χ0n) is 13.9. The number of carboxylic acids is 1. The SMILES string of the molecule is CCOC(=O)c1cnc2ccccc2c1Nc1ccc(C(=O)O)cc1.[Cl-]. The maximum Gasteiger partial charge on any atom is 0.341 e. The maximum atomic E-state index is 12.3. The number of rotatable bonds is 5.